The maximum atomic E-state index is 12.7. The maximum Gasteiger partial charge on any atom is 0.287 e. The number of hydrogen-bond donors (Lipinski definition) is 1. The monoisotopic (exact) mass is 335 g/mol. The van der Waals surface area contributed by atoms with Crippen molar-refractivity contribution >= 4 is 16.9 Å². The van der Waals surface area contributed by atoms with Gasteiger partial charge in [-0.05, 0) is 43.9 Å². The molecular formula is C21H21NO3. The van der Waals surface area contributed by atoms with Gasteiger partial charge in [0, 0.05) is 17.0 Å². The number of ether oxygens (including phenoxy) is 1. The van der Waals surface area contributed by atoms with Crippen molar-refractivity contribution in [3.63, 3.8) is 0 Å². The molecule has 1 aliphatic rings. The van der Waals surface area contributed by atoms with Crippen molar-refractivity contribution in [2.45, 2.75) is 32.4 Å². The van der Waals surface area contributed by atoms with Gasteiger partial charge in [-0.3, -0.25) is 4.79 Å². The number of carbonyl (C=O) groups is 1. The van der Waals surface area contributed by atoms with Crippen LogP contribution < -0.4 is 10.1 Å². The average Bonchev–Trinajstić information content (AvgIpc) is 3.42. The topological polar surface area (TPSA) is 51.5 Å². The van der Waals surface area contributed by atoms with Gasteiger partial charge in [0.15, 0.2) is 5.76 Å². The Bertz CT molecular complexity index is 881. The van der Waals surface area contributed by atoms with E-state index in [0.29, 0.717) is 23.9 Å². The summed E-state index contributed by atoms with van der Waals surface area (Å²) in [6.07, 6.45) is 2.37. The van der Waals surface area contributed by atoms with Gasteiger partial charge in [-0.1, -0.05) is 36.4 Å². The van der Waals surface area contributed by atoms with Crippen molar-refractivity contribution in [1.82, 2.24) is 5.32 Å². The Morgan fingerprint density at radius 1 is 1.16 bits per heavy atom. The van der Waals surface area contributed by atoms with Crippen molar-refractivity contribution in [1.29, 1.82) is 0 Å². The fourth-order valence-corrected chi connectivity index (χ4v) is 3.08. The Labute approximate surface area is 146 Å². The predicted molar refractivity (Wildman–Crippen MR) is 96.6 cm³/mol. The number of para-hydroxylation sites is 2. The molecule has 4 nitrogen and oxygen atoms in total. The number of carbonyl (C=O) groups excluding carboxylic acids is 1. The minimum absolute atomic E-state index is 0.165. The third-order valence-corrected chi connectivity index (χ3v) is 4.72. The first-order valence-electron chi connectivity index (χ1n) is 8.71. The molecule has 1 aromatic heterocycles. The maximum absolute atomic E-state index is 12.7. The van der Waals surface area contributed by atoms with Gasteiger partial charge in [0.25, 0.3) is 5.91 Å². The lowest BCUT2D eigenvalue weighted by Gasteiger charge is -2.12. The molecule has 1 heterocycles. The highest BCUT2D eigenvalue weighted by Gasteiger charge is 2.30. The summed E-state index contributed by atoms with van der Waals surface area (Å²) < 4.78 is 11.7. The van der Waals surface area contributed by atoms with Crippen molar-refractivity contribution < 1.29 is 13.9 Å². The number of nitrogens with one attached hydrogen (secondary N) is 1. The van der Waals surface area contributed by atoms with E-state index >= 15 is 0 Å². The van der Waals surface area contributed by atoms with Crippen LogP contribution in [0.25, 0.3) is 11.0 Å². The van der Waals surface area contributed by atoms with E-state index in [0.717, 1.165) is 16.7 Å². The van der Waals surface area contributed by atoms with Crippen LogP contribution in [0.2, 0.25) is 0 Å². The van der Waals surface area contributed by atoms with Crippen LogP contribution >= 0.6 is 0 Å². The van der Waals surface area contributed by atoms with E-state index in [4.69, 9.17) is 9.15 Å². The zero-order chi connectivity index (χ0) is 17.2. The molecule has 1 N–H and O–H groups in total. The van der Waals surface area contributed by atoms with Crippen LogP contribution in [-0.2, 0) is 6.61 Å². The molecule has 2 aromatic carbocycles. The zero-order valence-corrected chi connectivity index (χ0v) is 14.2. The van der Waals surface area contributed by atoms with Crippen molar-refractivity contribution in [2.75, 3.05) is 0 Å². The van der Waals surface area contributed by atoms with E-state index in [-0.39, 0.29) is 11.9 Å². The predicted octanol–water partition coefficient (Wildman–Crippen LogP) is 4.54. The summed E-state index contributed by atoms with van der Waals surface area (Å²) in [7, 11) is 0. The number of amides is 1. The molecule has 1 aliphatic carbocycles. The second-order valence-electron chi connectivity index (χ2n) is 6.61. The fourth-order valence-electron chi connectivity index (χ4n) is 3.08. The zero-order valence-electron chi connectivity index (χ0n) is 14.2. The van der Waals surface area contributed by atoms with E-state index in [1.807, 2.05) is 54.6 Å². The number of hydrogen-bond acceptors (Lipinski definition) is 3. The van der Waals surface area contributed by atoms with Crippen LogP contribution in [0.1, 0.15) is 35.9 Å². The highest BCUT2D eigenvalue weighted by molar-refractivity contribution is 5.99. The molecule has 0 saturated heterocycles. The minimum Gasteiger partial charge on any atom is -0.489 e. The van der Waals surface area contributed by atoms with Crippen LogP contribution in [0.15, 0.2) is 59.0 Å². The first-order valence-corrected chi connectivity index (χ1v) is 8.71. The molecule has 1 amide bonds. The summed E-state index contributed by atoms with van der Waals surface area (Å²) in [4.78, 5) is 12.7. The number of fused-ring (bicyclic) bond motifs is 1. The second kappa shape index (κ2) is 6.63. The molecule has 0 radical (unpaired) electrons. The highest BCUT2D eigenvalue weighted by Crippen LogP contribution is 2.33. The Balaban J connectivity index is 1.61. The number of rotatable bonds is 6. The normalized spacial score (nSPS) is 15.1. The Kier molecular flexibility index (Phi) is 4.18. The van der Waals surface area contributed by atoms with E-state index in [1.165, 1.54) is 12.8 Å². The van der Waals surface area contributed by atoms with Crippen LogP contribution in [0.3, 0.4) is 0 Å². The fraction of sp³-hybridized carbons (Fsp3) is 0.286. The van der Waals surface area contributed by atoms with Crippen molar-refractivity contribution in [2.24, 2.45) is 5.92 Å². The highest BCUT2D eigenvalue weighted by atomic mass is 16.5. The lowest BCUT2D eigenvalue weighted by atomic mass is 10.1. The Hall–Kier alpha value is -2.75. The van der Waals surface area contributed by atoms with E-state index < -0.39 is 0 Å². The van der Waals surface area contributed by atoms with Gasteiger partial charge in [-0.15, -0.1) is 0 Å². The van der Waals surface area contributed by atoms with Gasteiger partial charge in [0.2, 0.25) is 0 Å². The smallest absolute Gasteiger partial charge is 0.287 e. The molecule has 0 bridgehead atoms. The first-order chi connectivity index (χ1) is 12.2. The summed E-state index contributed by atoms with van der Waals surface area (Å²) >= 11 is 0. The van der Waals surface area contributed by atoms with Gasteiger partial charge in [-0.25, -0.2) is 0 Å². The lowest BCUT2D eigenvalue weighted by molar-refractivity contribution is 0.0906. The van der Waals surface area contributed by atoms with E-state index in [2.05, 4.69) is 12.2 Å². The van der Waals surface area contributed by atoms with Crippen molar-refractivity contribution in [3.05, 3.63) is 65.9 Å². The molecule has 128 valence electrons. The van der Waals surface area contributed by atoms with Crippen LogP contribution in [-0.4, -0.2) is 11.9 Å². The third kappa shape index (κ3) is 3.38. The van der Waals surface area contributed by atoms with E-state index in [1.54, 1.807) is 0 Å². The number of benzene rings is 2. The molecule has 1 saturated carbocycles. The summed E-state index contributed by atoms with van der Waals surface area (Å²) in [5.41, 5.74) is 1.50. The SMILES string of the molecule is C[C@@H](NC(=O)c1oc2ccccc2c1COc1ccccc1)C1CC1. The summed E-state index contributed by atoms with van der Waals surface area (Å²) in [6.45, 7) is 2.35. The van der Waals surface area contributed by atoms with Gasteiger partial charge in [0.1, 0.15) is 17.9 Å². The molecule has 0 aliphatic heterocycles. The molecule has 1 atom stereocenters. The second-order valence-corrected chi connectivity index (χ2v) is 6.61. The Morgan fingerprint density at radius 3 is 2.64 bits per heavy atom. The van der Waals surface area contributed by atoms with Crippen LogP contribution in [0, 0.1) is 5.92 Å². The molecule has 3 aromatic rings. The molecular weight excluding hydrogens is 314 g/mol. The summed E-state index contributed by atoms with van der Waals surface area (Å²) in [5.74, 6) is 1.55. The molecule has 0 spiro atoms. The van der Waals surface area contributed by atoms with Gasteiger partial charge in [-0.2, -0.15) is 0 Å². The molecule has 4 heteroatoms. The molecule has 4 rings (SSSR count). The Morgan fingerprint density at radius 2 is 1.88 bits per heavy atom. The minimum atomic E-state index is -0.165. The van der Waals surface area contributed by atoms with Crippen molar-refractivity contribution in [3.8, 4) is 5.75 Å². The largest absolute Gasteiger partial charge is 0.489 e. The number of furan rings is 1. The van der Waals surface area contributed by atoms with Gasteiger partial charge >= 0.3 is 0 Å². The summed E-state index contributed by atoms with van der Waals surface area (Å²) in [5, 5.41) is 3.99. The molecule has 1 fully saturated rings. The quantitative estimate of drug-likeness (QED) is 0.719. The van der Waals surface area contributed by atoms with Gasteiger partial charge < -0.3 is 14.5 Å². The van der Waals surface area contributed by atoms with Crippen LogP contribution in [0.5, 0.6) is 5.75 Å². The molecule has 0 unspecified atom stereocenters. The average molecular weight is 335 g/mol. The van der Waals surface area contributed by atoms with Gasteiger partial charge in [0.05, 0.1) is 0 Å². The first kappa shape index (κ1) is 15.8. The third-order valence-electron chi connectivity index (χ3n) is 4.72. The lowest BCUT2D eigenvalue weighted by Crippen LogP contribution is -2.34. The van der Waals surface area contributed by atoms with E-state index in [9.17, 15) is 4.79 Å². The van der Waals surface area contributed by atoms with Crippen LogP contribution in [0.4, 0.5) is 0 Å². The standard InChI is InChI=1S/C21H21NO3/c1-14(15-11-12-15)22-21(23)20-18(13-24-16-7-3-2-4-8-16)17-9-5-6-10-19(17)25-20/h2-10,14-15H,11-13H2,1H3,(H,22,23)/t14-/m1/s1. The summed E-state index contributed by atoms with van der Waals surface area (Å²) in [6, 6.07) is 17.4. The molecule has 25 heavy (non-hydrogen) atoms.